The predicted molar refractivity (Wildman–Crippen MR) is 95.8 cm³/mol. The van der Waals surface area contributed by atoms with Gasteiger partial charge >= 0.3 is 0 Å². The number of benzene rings is 1. The number of carbonyl (C=O) groups is 1. The molecular formula is C18H19N3O2S. The van der Waals surface area contributed by atoms with Gasteiger partial charge in [-0.25, -0.2) is 9.97 Å². The zero-order valence-corrected chi connectivity index (χ0v) is 14.5. The highest BCUT2D eigenvalue weighted by Crippen LogP contribution is 2.21. The van der Waals surface area contributed by atoms with Crippen LogP contribution in [0.25, 0.3) is 10.2 Å². The van der Waals surface area contributed by atoms with Crippen LogP contribution in [0, 0.1) is 6.92 Å². The van der Waals surface area contributed by atoms with Crippen LogP contribution in [-0.4, -0.2) is 29.0 Å². The molecular weight excluding hydrogens is 322 g/mol. The van der Waals surface area contributed by atoms with Gasteiger partial charge in [0.1, 0.15) is 5.56 Å². The molecule has 0 aliphatic carbocycles. The minimum Gasteiger partial charge on any atom is -0.477 e. The number of nitrogens with zero attached hydrogens (tertiary/aromatic N) is 2. The number of thiazole rings is 1. The topological polar surface area (TPSA) is 64.1 Å². The predicted octanol–water partition coefficient (Wildman–Crippen LogP) is 3.37. The van der Waals surface area contributed by atoms with Crippen molar-refractivity contribution in [2.45, 2.75) is 20.3 Å². The molecule has 1 amide bonds. The molecule has 0 spiro atoms. The van der Waals surface area contributed by atoms with Crippen molar-refractivity contribution in [1.29, 1.82) is 0 Å². The molecule has 0 radical (unpaired) electrons. The fourth-order valence-electron chi connectivity index (χ4n) is 2.36. The van der Waals surface area contributed by atoms with Crippen molar-refractivity contribution in [3.63, 3.8) is 0 Å². The number of hydrogen-bond acceptors (Lipinski definition) is 5. The first-order valence-corrected chi connectivity index (χ1v) is 8.72. The third-order valence-corrected chi connectivity index (χ3v) is 4.58. The average molecular weight is 341 g/mol. The number of para-hydroxylation sites is 1. The van der Waals surface area contributed by atoms with Crippen molar-refractivity contribution in [2.75, 3.05) is 13.2 Å². The second kappa shape index (κ2) is 7.40. The van der Waals surface area contributed by atoms with Crippen molar-refractivity contribution < 1.29 is 9.53 Å². The Morgan fingerprint density at radius 1 is 1.21 bits per heavy atom. The standard InChI is InChI=1S/C18H19N3O2S/c1-3-23-18-13(9-8-12(2)20-18)17(22)19-11-10-16-21-14-6-4-5-7-15(14)24-16/h4-9H,3,10-11H2,1-2H3,(H,19,22). The highest BCUT2D eigenvalue weighted by atomic mass is 32.1. The molecule has 2 heterocycles. The third kappa shape index (κ3) is 3.71. The third-order valence-electron chi connectivity index (χ3n) is 3.49. The molecule has 5 nitrogen and oxygen atoms in total. The molecule has 6 heteroatoms. The smallest absolute Gasteiger partial charge is 0.256 e. The number of ether oxygens (including phenoxy) is 1. The molecule has 3 rings (SSSR count). The van der Waals surface area contributed by atoms with Gasteiger partial charge in [0, 0.05) is 18.7 Å². The molecule has 0 fully saturated rings. The van der Waals surface area contributed by atoms with E-state index in [9.17, 15) is 4.79 Å². The summed E-state index contributed by atoms with van der Waals surface area (Å²) < 4.78 is 6.63. The van der Waals surface area contributed by atoms with Crippen molar-refractivity contribution >= 4 is 27.5 Å². The molecule has 0 bridgehead atoms. The Morgan fingerprint density at radius 3 is 2.83 bits per heavy atom. The summed E-state index contributed by atoms with van der Waals surface area (Å²) in [5.74, 6) is 0.210. The van der Waals surface area contributed by atoms with E-state index in [1.807, 2.05) is 38.1 Å². The lowest BCUT2D eigenvalue weighted by Crippen LogP contribution is -2.26. The Balaban J connectivity index is 1.63. The minimum atomic E-state index is -0.174. The number of aryl methyl sites for hydroxylation is 1. The number of rotatable bonds is 6. The summed E-state index contributed by atoms with van der Waals surface area (Å²) >= 11 is 1.66. The van der Waals surface area contributed by atoms with Crippen LogP contribution in [-0.2, 0) is 6.42 Å². The van der Waals surface area contributed by atoms with E-state index in [0.717, 1.165) is 16.2 Å². The van der Waals surface area contributed by atoms with Gasteiger partial charge in [0.25, 0.3) is 5.91 Å². The highest BCUT2D eigenvalue weighted by molar-refractivity contribution is 7.18. The van der Waals surface area contributed by atoms with Gasteiger partial charge in [0.15, 0.2) is 0 Å². The summed E-state index contributed by atoms with van der Waals surface area (Å²) in [5, 5.41) is 3.93. The van der Waals surface area contributed by atoms with E-state index < -0.39 is 0 Å². The van der Waals surface area contributed by atoms with Crippen LogP contribution in [0.4, 0.5) is 0 Å². The molecule has 24 heavy (non-hydrogen) atoms. The van der Waals surface area contributed by atoms with Gasteiger partial charge < -0.3 is 10.1 Å². The Bertz CT molecular complexity index is 827. The zero-order chi connectivity index (χ0) is 16.9. The lowest BCUT2D eigenvalue weighted by atomic mass is 10.2. The molecule has 124 valence electrons. The van der Waals surface area contributed by atoms with Crippen molar-refractivity contribution in [2.24, 2.45) is 0 Å². The maximum atomic E-state index is 12.4. The highest BCUT2D eigenvalue weighted by Gasteiger charge is 2.14. The SMILES string of the molecule is CCOc1nc(C)ccc1C(=O)NCCc1nc2ccccc2s1. The number of nitrogens with one attached hydrogen (secondary N) is 1. The largest absolute Gasteiger partial charge is 0.477 e. The molecule has 0 saturated heterocycles. The lowest BCUT2D eigenvalue weighted by Gasteiger charge is -2.10. The molecule has 0 atom stereocenters. The van der Waals surface area contributed by atoms with E-state index in [0.29, 0.717) is 31.0 Å². The van der Waals surface area contributed by atoms with E-state index in [4.69, 9.17) is 4.74 Å². The number of aromatic nitrogens is 2. The first-order chi connectivity index (χ1) is 11.7. The van der Waals surface area contributed by atoms with Gasteiger partial charge in [-0.15, -0.1) is 11.3 Å². The number of carbonyl (C=O) groups excluding carboxylic acids is 1. The van der Waals surface area contributed by atoms with E-state index in [-0.39, 0.29) is 5.91 Å². The van der Waals surface area contributed by atoms with Crippen molar-refractivity contribution in [3.8, 4) is 5.88 Å². The Kier molecular flexibility index (Phi) is 5.05. The van der Waals surface area contributed by atoms with Crippen molar-refractivity contribution in [1.82, 2.24) is 15.3 Å². The van der Waals surface area contributed by atoms with Crippen LogP contribution in [0.5, 0.6) is 5.88 Å². The first-order valence-electron chi connectivity index (χ1n) is 7.90. The summed E-state index contributed by atoms with van der Waals surface area (Å²) in [5.41, 5.74) is 2.29. The second-order valence-corrected chi connectivity index (χ2v) is 6.43. The number of fused-ring (bicyclic) bond motifs is 1. The molecule has 0 unspecified atom stereocenters. The minimum absolute atomic E-state index is 0.174. The van der Waals surface area contributed by atoms with E-state index >= 15 is 0 Å². The summed E-state index contributed by atoms with van der Waals surface area (Å²) in [6.07, 6.45) is 0.703. The fourth-order valence-corrected chi connectivity index (χ4v) is 3.32. The monoisotopic (exact) mass is 341 g/mol. The van der Waals surface area contributed by atoms with Gasteiger partial charge in [0.2, 0.25) is 5.88 Å². The summed E-state index contributed by atoms with van der Waals surface area (Å²) in [7, 11) is 0. The Hall–Kier alpha value is -2.47. The number of hydrogen-bond donors (Lipinski definition) is 1. The fraction of sp³-hybridized carbons (Fsp3) is 0.278. The molecule has 3 aromatic rings. The maximum absolute atomic E-state index is 12.4. The van der Waals surface area contributed by atoms with E-state index in [1.165, 1.54) is 4.70 Å². The van der Waals surface area contributed by atoms with E-state index in [1.54, 1.807) is 17.4 Å². The summed E-state index contributed by atoms with van der Waals surface area (Å²) in [6, 6.07) is 11.6. The molecule has 1 aromatic carbocycles. The van der Waals surface area contributed by atoms with Gasteiger partial charge in [-0.05, 0) is 38.1 Å². The molecule has 0 aliphatic rings. The zero-order valence-electron chi connectivity index (χ0n) is 13.7. The van der Waals surface area contributed by atoms with Gasteiger partial charge in [-0.3, -0.25) is 4.79 Å². The van der Waals surface area contributed by atoms with Crippen LogP contribution in [0.1, 0.15) is 28.0 Å². The summed E-state index contributed by atoms with van der Waals surface area (Å²) in [6.45, 7) is 4.75. The van der Waals surface area contributed by atoms with Crippen LogP contribution in [0.3, 0.4) is 0 Å². The molecule has 0 aliphatic heterocycles. The van der Waals surface area contributed by atoms with Crippen LogP contribution < -0.4 is 10.1 Å². The summed E-state index contributed by atoms with van der Waals surface area (Å²) in [4.78, 5) is 21.2. The normalized spacial score (nSPS) is 10.8. The second-order valence-electron chi connectivity index (χ2n) is 5.32. The van der Waals surface area contributed by atoms with Crippen LogP contribution >= 0.6 is 11.3 Å². The maximum Gasteiger partial charge on any atom is 0.256 e. The van der Waals surface area contributed by atoms with Gasteiger partial charge in [-0.1, -0.05) is 12.1 Å². The first kappa shape index (κ1) is 16.4. The molecule has 2 aromatic heterocycles. The van der Waals surface area contributed by atoms with Crippen LogP contribution in [0.15, 0.2) is 36.4 Å². The number of pyridine rings is 1. The van der Waals surface area contributed by atoms with E-state index in [2.05, 4.69) is 21.4 Å². The Morgan fingerprint density at radius 2 is 2.04 bits per heavy atom. The van der Waals surface area contributed by atoms with Crippen molar-refractivity contribution in [3.05, 3.63) is 52.7 Å². The average Bonchev–Trinajstić information content (AvgIpc) is 2.98. The number of amides is 1. The molecule has 1 N–H and O–H groups in total. The lowest BCUT2D eigenvalue weighted by molar-refractivity contribution is 0.0949. The Labute approximate surface area is 144 Å². The van der Waals surface area contributed by atoms with Crippen LogP contribution in [0.2, 0.25) is 0 Å². The van der Waals surface area contributed by atoms with Gasteiger partial charge in [-0.2, -0.15) is 0 Å². The molecule has 0 saturated carbocycles. The van der Waals surface area contributed by atoms with Gasteiger partial charge in [0.05, 0.1) is 21.8 Å². The quantitative estimate of drug-likeness (QED) is 0.746.